The summed E-state index contributed by atoms with van der Waals surface area (Å²) < 4.78 is 5.39. The molecule has 1 aliphatic rings. The Bertz CT molecular complexity index is 386. The predicted octanol–water partition coefficient (Wildman–Crippen LogP) is 2.20. The number of pyridine rings is 1. The lowest BCUT2D eigenvalue weighted by Gasteiger charge is -2.33. The Morgan fingerprint density at radius 3 is 2.82 bits per heavy atom. The van der Waals surface area contributed by atoms with Crippen molar-refractivity contribution in [2.75, 3.05) is 30.8 Å². The van der Waals surface area contributed by atoms with Crippen molar-refractivity contribution in [3.63, 3.8) is 0 Å². The first-order valence-corrected chi connectivity index (χ1v) is 6.13. The molecule has 2 heterocycles. The highest BCUT2D eigenvalue weighted by Crippen LogP contribution is 2.30. The van der Waals surface area contributed by atoms with E-state index in [2.05, 4.69) is 17.2 Å². The number of aryl methyl sites for hydroxylation is 1. The Hall–Kier alpha value is -1.29. The third-order valence-corrected chi connectivity index (χ3v) is 3.44. The van der Waals surface area contributed by atoms with Crippen molar-refractivity contribution < 1.29 is 4.74 Å². The molecular weight excluding hydrogens is 214 g/mol. The third-order valence-electron chi connectivity index (χ3n) is 3.44. The van der Waals surface area contributed by atoms with E-state index in [1.165, 1.54) is 0 Å². The molecule has 0 radical (unpaired) electrons. The highest BCUT2D eigenvalue weighted by atomic mass is 16.5. The summed E-state index contributed by atoms with van der Waals surface area (Å²) in [5.74, 6) is 0.795. The molecule has 0 saturated carbocycles. The van der Waals surface area contributed by atoms with Crippen molar-refractivity contribution in [1.29, 1.82) is 0 Å². The quantitative estimate of drug-likeness (QED) is 0.843. The molecular formula is C13H21N3O. The van der Waals surface area contributed by atoms with Gasteiger partial charge in [0, 0.05) is 26.0 Å². The third kappa shape index (κ3) is 3.09. The average Bonchev–Trinajstić information content (AvgIpc) is 2.29. The van der Waals surface area contributed by atoms with Crippen LogP contribution in [0.25, 0.3) is 0 Å². The number of anilines is 2. The number of aromatic nitrogens is 1. The molecule has 17 heavy (non-hydrogen) atoms. The molecule has 1 saturated heterocycles. The van der Waals surface area contributed by atoms with Crippen LogP contribution in [-0.4, -0.2) is 24.7 Å². The zero-order valence-corrected chi connectivity index (χ0v) is 10.6. The van der Waals surface area contributed by atoms with Crippen LogP contribution in [0.2, 0.25) is 0 Å². The maximum atomic E-state index is 5.93. The van der Waals surface area contributed by atoms with Gasteiger partial charge in [0.05, 0.1) is 5.69 Å². The summed E-state index contributed by atoms with van der Waals surface area (Å²) in [4.78, 5) is 4.33. The summed E-state index contributed by atoms with van der Waals surface area (Å²) >= 11 is 0. The topological polar surface area (TPSA) is 60.2 Å². The minimum atomic E-state index is 0.289. The van der Waals surface area contributed by atoms with E-state index < -0.39 is 0 Å². The van der Waals surface area contributed by atoms with Crippen LogP contribution < -0.4 is 11.1 Å². The number of nitrogens with one attached hydrogen (secondary N) is 1. The summed E-state index contributed by atoms with van der Waals surface area (Å²) in [5.41, 5.74) is 8.03. The highest BCUT2D eigenvalue weighted by molar-refractivity contribution is 5.61. The van der Waals surface area contributed by atoms with Gasteiger partial charge in [-0.2, -0.15) is 0 Å². The van der Waals surface area contributed by atoms with E-state index in [4.69, 9.17) is 10.5 Å². The maximum absolute atomic E-state index is 5.93. The van der Waals surface area contributed by atoms with Crippen molar-refractivity contribution in [2.45, 2.75) is 26.7 Å². The number of hydrogen-bond donors (Lipinski definition) is 2. The monoisotopic (exact) mass is 235 g/mol. The van der Waals surface area contributed by atoms with E-state index in [-0.39, 0.29) is 5.41 Å². The van der Waals surface area contributed by atoms with Gasteiger partial charge in [-0.3, -0.25) is 0 Å². The summed E-state index contributed by atoms with van der Waals surface area (Å²) in [7, 11) is 0. The molecule has 0 amide bonds. The largest absolute Gasteiger partial charge is 0.396 e. The molecule has 3 N–H and O–H groups in total. The van der Waals surface area contributed by atoms with Crippen LogP contribution in [0.4, 0.5) is 11.5 Å². The van der Waals surface area contributed by atoms with Crippen molar-refractivity contribution in [3.05, 3.63) is 17.8 Å². The number of nitrogens with zero attached hydrogens (tertiary/aromatic N) is 1. The van der Waals surface area contributed by atoms with E-state index in [0.717, 1.165) is 49.7 Å². The molecule has 2 rings (SSSR count). The van der Waals surface area contributed by atoms with Gasteiger partial charge in [0.15, 0.2) is 0 Å². The molecule has 0 spiro atoms. The summed E-state index contributed by atoms with van der Waals surface area (Å²) in [6, 6.07) is 1.95. The SMILES string of the molecule is Cc1cnc(NCC2(C)CCOCC2)c(N)c1. The van der Waals surface area contributed by atoms with E-state index in [0.29, 0.717) is 0 Å². The molecule has 1 aromatic heterocycles. The Kier molecular flexibility index (Phi) is 3.52. The molecule has 4 nitrogen and oxygen atoms in total. The summed E-state index contributed by atoms with van der Waals surface area (Å²) in [6.07, 6.45) is 4.02. The molecule has 0 bridgehead atoms. The number of nitrogen functional groups attached to an aromatic ring is 1. The lowest BCUT2D eigenvalue weighted by atomic mass is 9.82. The zero-order valence-electron chi connectivity index (χ0n) is 10.6. The summed E-state index contributed by atoms with van der Waals surface area (Å²) in [5, 5.41) is 3.36. The maximum Gasteiger partial charge on any atom is 0.149 e. The van der Waals surface area contributed by atoms with Crippen LogP contribution in [0.3, 0.4) is 0 Å². The molecule has 0 unspecified atom stereocenters. The fourth-order valence-corrected chi connectivity index (χ4v) is 2.08. The standard InChI is InChI=1S/C13H21N3O/c1-10-7-11(14)12(15-8-10)16-9-13(2)3-5-17-6-4-13/h7-8H,3-6,9,14H2,1-2H3,(H,15,16). The minimum absolute atomic E-state index is 0.289. The van der Waals surface area contributed by atoms with Gasteiger partial charge in [-0.25, -0.2) is 4.98 Å². The van der Waals surface area contributed by atoms with Gasteiger partial charge >= 0.3 is 0 Å². The van der Waals surface area contributed by atoms with Gasteiger partial charge in [0.2, 0.25) is 0 Å². The Balaban J connectivity index is 1.97. The highest BCUT2D eigenvalue weighted by Gasteiger charge is 2.27. The Morgan fingerprint density at radius 2 is 2.18 bits per heavy atom. The second kappa shape index (κ2) is 4.92. The second-order valence-corrected chi connectivity index (χ2v) is 5.23. The molecule has 1 aromatic rings. The molecule has 0 aromatic carbocycles. The van der Waals surface area contributed by atoms with Crippen molar-refractivity contribution >= 4 is 11.5 Å². The van der Waals surface area contributed by atoms with Crippen LogP contribution in [0.5, 0.6) is 0 Å². The molecule has 94 valence electrons. The second-order valence-electron chi connectivity index (χ2n) is 5.23. The average molecular weight is 235 g/mol. The Labute approximate surface area is 103 Å². The van der Waals surface area contributed by atoms with Crippen molar-refractivity contribution in [3.8, 4) is 0 Å². The predicted molar refractivity (Wildman–Crippen MR) is 70.0 cm³/mol. The van der Waals surface area contributed by atoms with Crippen LogP contribution >= 0.6 is 0 Å². The van der Waals surface area contributed by atoms with Gasteiger partial charge < -0.3 is 15.8 Å². The van der Waals surface area contributed by atoms with Crippen molar-refractivity contribution in [1.82, 2.24) is 4.98 Å². The van der Waals surface area contributed by atoms with Crippen LogP contribution in [-0.2, 0) is 4.74 Å². The van der Waals surface area contributed by atoms with Gasteiger partial charge in [-0.15, -0.1) is 0 Å². The van der Waals surface area contributed by atoms with Crippen molar-refractivity contribution in [2.24, 2.45) is 5.41 Å². The minimum Gasteiger partial charge on any atom is -0.396 e. The fraction of sp³-hybridized carbons (Fsp3) is 0.615. The molecule has 4 heteroatoms. The van der Waals surface area contributed by atoms with E-state index >= 15 is 0 Å². The zero-order chi connectivity index (χ0) is 12.3. The molecule has 1 fully saturated rings. The normalized spacial score (nSPS) is 18.9. The van der Waals surface area contributed by atoms with Crippen LogP contribution in [0, 0.1) is 12.3 Å². The fourth-order valence-electron chi connectivity index (χ4n) is 2.08. The van der Waals surface area contributed by atoms with Gasteiger partial charge in [-0.1, -0.05) is 6.92 Å². The van der Waals surface area contributed by atoms with Gasteiger partial charge in [0.25, 0.3) is 0 Å². The number of ether oxygens (including phenoxy) is 1. The smallest absolute Gasteiger partial charge is 0.149 e. The number of nitrogens with two attached hydrogens (primary N) is 1. The Morgan fingerprint density at radius 1 is 1.47 bits per heavy atom. The van der Waals surface area contributed by atoms with Crippen LogP contribution in [0.15, 0.2) is 12.3 Å². The number of hydrogen-bond acceptors (Lipinski definition) is 4. The van der Waals surface area contributed by atoms with E-state index in [1.54, 1.807) is 0 Å². The van der Waals surface area contributed by atoms with E-state index in [9.17, 15) is 0 Å². The first-order valence-electron chi connectivity index (χ1n) is 6.13. The molecule has 0 aliphatic carbocycles. The summed E-state index contributed by atoms with van der Waals surface area (Å²) in [6.45, 7) is 6.89. The first kappa shape index (κ1) is 12.2. The lowest BCUT2D eigenvalue weighted by molar-refractivity contribution is 0.0300. The van der Waals surface area contributed by atoms with Gasteiger partial charge in [-0.05, 0) is 36.8 Å². The van der Waals surface area contributed by atoms with E-state index in [1.807, 2.05) is 19.2 Å². The first-order chi connectivity index (χ1) is 8.09. The number of rotatable bonds is 3. The van der Waals surface area contributed by atoms with Gasteiger partial charge in [0.1, 0.15) is 5.82 Å². The van der Waals surface area contributed by atoms with Crippen LogP contribution in [0.1, 0.15) is 25.3 Å². The lowest BCUT2D eigenvalue weighted by Crippen LogP contribution is -2.33. The molecule has 1 aliphatic heterocycles. The molecule has 0 atom stereocenters.